The van der Waals surface area contributed by atoms with Crippen LogP contribution in [0, 0.1) is 0 Å². The van der Waals surface area contributed by atoms with Crippen LogP contribution in [0.15, 0.2) is 237 Å². The zero-order valence-corrected chi connectivity index (χ0v) is 35.5. The van der Waals surface area contributed by atoms with Crippen LogP contribution >= 0.6 is 0 Å². The Morgan fingerprint density at radius 3 is 1.52 bits per heavy atom. The van der Waals surface area contributed by atoms with E-state index in [1.54, 1.807) is 0 Å². The van der Waals surface area contributed by atoms with Crippen LogP contribution in [0.3, 0.4) is 0 Å². The summed E-state index contributed by atoms with van der Waals surface area (Å²) in [5.41, 5.74) is 20.5. The Balaban J connectivity index is 1.07. The molecule has 0 spiro atoms. The van der Waals surface area contributed by atoms with Crippen LogP contribution in [-0.4, -0.2) is 0 Å². The van der Waals surface area contributed by atoms with Crippen molar-refractivity contribution in [3.05, 3.63) is 270 Å². The average Bonchev–Trinajstić information content (AvgIpc) is 3.77. The highest BCUT2D eigenvalue weighted by Crippen LogP contribution is 2.58. The molecule has 0 fully saturated rings. The van der Waals surface area contributed by atoms with Gasteiger partial charge in [-0.15, -0.1) is 0 Å². The third kappa shape index (κ3) is 5.63. The zero-order valence-electron chi connectivity index (χ0n) is 35.5. The first kappa shape index (κ1) is 37.1. The van der Waals surface area contributed by atoms with Gasteiger partial charge in [0.2, 0.25) is 0 Å². The van der Waals surface area contributed by atoms with E-state index in [1.165, 1.54) is 88.7 Å². The van der Waals surface area contributed by atoms with E-state index < -0.39 is 5.41 Å². The quantitative estimate of drug-likeness (QED) is 0.155. The molecule has 2 aliphatic rings. The first-order chi connectivity index (χ1) is 31.0. The molecule has 0 heterocycles. The van der Waals surface area contributed by atoms with Crippen molar-refractivity contribution in [2.75, 3.05) is 4.90 Å². The first-order valence-electron chi connectivity index (χ1n) is 22.1. The second kappa shape index (κ2) is 14.4. The lowest BCUT2D eigenvalue weighted by molar-refractivity contribution is 0.660. The van der Waals surface area contributed by atoms with Crippen molar-refractivity contribution < 1.29 is 0 Å². The summed E-state index contributed by atoms with van der Waals surface area (Å²) in [7, 11) is 0. The van der Waals surface area contributed by atoms with Crippen molar-refractivity contribution in [1.29, 1.82) is 0 Å². The third-order valence-electron chi connectivity index (χ3n) is 13.9. The first-order valence-corrected chi connectivity index (χ1v) is 22.1. The highest BCUT2D eigenvalue weighted by atomic mass is 15.1. The minimum Gasteiger partial charge on any atom is -0.310 e. The van der Waals surface area contributed by atoms with Gasteiger partial charge in [0.25, 0.3) is 0 Å². The minimum atomic E-state index is -0.515. The van der Waals surface area contributed by atoms with Crippen LogP contribution in [-0.2, 0) is 10.8 Å². The lowest BCUT2D eigenvalue weighted by atomic mass is 9.67. The summed E-state index contributed by atoms with van der Waals surface area (Å²) in [5, 5.41) is 2.54. The molecule has 0 atom stereocenters. The highest BCUT2D eigenvalue weighted by molar-refractivity contribution is 5.98. The molecule has 0 unspecified atom stereocenters. The summed E-state index contributed by atoms with van der Waals surface area (Å²) in [6.45, 7) is 4.80. The SMILES string of the molecule is CC1(C)c2cc(-c3cccc4ccccc34)ccc2-c2ccc(N(c3ccc4c(c3)C(c3ccccc3)(c3ccccc3)c3ccccc3-4)c3ccccc3-c3ccccc3)cc21. The van der Waals surface area contributed by atoms with E-state index in [0.717, 1.165) is 17.1 Å². The number of para-hydroxylation sites is 1. The molecule has 10 aromatic rings. The number of hydrogen-bond donors (Lipinski definition) is 0. The Morgan fingerprint density at radius 2 is 0.810 bits per heavy atom. The van der Waals surface area contributed by atoms with Crippen LogP contribution < -0.4 is 4.90 Å². The lowest BCUT2D eigenvalue weighted by Crippen LogP contribution is -2.28. The average molecular weight is 804 g/mol. The molecular weight excluding hydrogens is 759 g/mol. The van der Waals surface area contributed by atoms with Gasteiger partial charge in [0.05, 0.1) is 11.1 Å². The van der Waals surface area contributed by atoms with Crippen molar-refractivity contribution in [2.45, 2.75) is 24.7 Å². The Hall–Kier alpha value is -7.74. The molecule has 0 bridgehead atoms. The van der Waals surface area contributed by atoms with Gasteiger partial charge in [-0.3, -0.25) is 0 Å². The lowest BCUT2D eigenvalue weighted by Gasteiger charge is -2.35. The molecule has 0 saturated heterocycles. The van der Waals surface area contributed by atoms with E-state index >= 15 is 0 Å². The van der Waals surface area contributed by atoms with E-state index in [4.69, 9.17) is 0 Å². The van der Waals surface area contributed by atoms with Gasteiger partial charge in [-0.25, -0.2) is 0 Å². The smallest absolute Gasteiger partial charge is 0.0714 e. The Bertz CT molecular complexity index is 3320. The van der Waals surface area contributed by atoms with Crippen LogP contribution in [0.4, 0.5) is 17.1 Å². The summed E-state index contributed by atoms with van der Waals surface area (Å²) in [6, 6.07) is 87.8. The highest BCUT2D eigenvalue weighted by Gasteiger charge is 2.46. The van der Waals surface area contributed by atoms with E-state index in [-0.39, 0.29) is 5.41 Å². The van der Waals surface area contributed by atoms with E-state index in [9.17, 15) is 0 Å². The predicted molar refractivity (Wildman–Crippen MR) is 264 cm³/mol. The number of benzene rings is 10. The molecule has 1 heteroatoms. The number of rotatable bonds is 7. The van der Waals surface area contributed by atoms with Crippen molar-refractivity contribution in [3.63, 3.8) is 0 Å². The summed E-state index contributed by atoms with van der Waals surface area (Å²) in [4.78, 5) is 2.51. The number of anilines is 3. The fourth-order valence-electron chi connectivity index (χ4n) is 11.0. The molecule has 0 radical (unpaired) electrons. The van der Waals surface area contributed by atoms with Gasteiger partial charge >= 0.3 is 0 Å². The van der Waals surface area contributed by atoms with Gasteiger partial charge in [-0.2, -0.15) is 0 Å². The number of nitrogens with zero attached hydrogens (tertiary/aromatic N) is 1. The van der Waals surface area contributed by atoms with E-state index in [1.807, 2.05) is 0 Å². The monoisotopic (exact) mass is 803 g/mol. The van der Waals surface area contributed by atoms with Crippen LogP contribution in [0.1, 0.15) is 47.2 Å². The topological polar surface area (TPSA) is 3.24 Å². The molecule has 0 aliphatic heterocycles. The second-order valence-electron chi connectivity index (χ2n) is 17.6. The van der Waals surface area contributed by atoms with Gasteiger partial charge < -0.3 is 4.90 Å². The Kier molecular flexibility index (Phi) is 8.49. The third-order valence-corrected chi connectivity index (χ3v) is 13.9. The molecule has 0 amide bonds. The van der Waals surface area contributed by atoms with Crippen LogP contribution in [0.2, 0.25) is 0 Å². The molecule has 0 saturated carbocycles. The Labute approximate surface area is 370 Å². The summed E-state index contributed by atoms with van der Waals surface area (Å²) in [6.07, 6.45) is 0. The summed E-state index contributed by atoms with van der Waals surface area (Å²) in [5.74, 6) is 0. The largest absolute Gasteiger partial charge is 0.310 e. The Morgan fingerprint density at radius 1 is 0.317 bits per heavy atom. The molecule has 0 aromatic heterocycles. The summed E-state index contributed by atoms with van der Waals surface area (Å²) < 4.78 is 0. The standard InChI is InChI=1S/C62H45N/c1-61(2)57-39-44(50-30-18-22-42-21-12-13-27-49(42)50)33-36-53(57)54-37-34-47(40-58(54)61)63(60-32-17-15-28-51(60)43-19-6-3-7-20-43)48-35-38-55-52-29-14-16-31-56(52)62(59(55)41-48,45-23-8-4-9-24-45)46-25-10-5-11-26-46/h3-41H,1-2H3. The molecule has 2 aliphatic carbocycles. The summed E-state index contributed by atoms with van der Waals surface area (Å²) >= 11 is 0. The molecule has 0 N–H and O–H groups in total. The van der Waals surface area contributed by atoms with Crippen LogP contribution in [0.25, 0.3) is 55.3 Å². The van der Waals surface area contributed by atoms with Gasteiger partial charge in [0.15, 0.2) is 0 Å². The maximum atomic E-state index is 2.51. The molecule has 1 nitrogen and oxygen atoms in total. The fraction of sp³-hybridized carbons (Fsp3) is 0.0645. The predicted octanol–water partition coefficient (Wildman–Crippen LogP) is 16.3. The van der Waals surface area contributed by atoms with Crippen molar-refractivity contribution >= 4 is 27.8 Å². The van der Waals surface area contributed by atoms with Crippen molar-refractivity contribution in [2.24, 2.45) is 0 Å². The van der Waals surface area contributed by atoms with Gasteiger partial charge in [0.1, 0.15) is 0 Å². The normalized spacial score (nSPS) is 13.8. The van der Waals surface area contributed by atoms with Gasteiger partial charge in [0, 0.05) is 22.4 Å². The fourth-order valence-corrected chi connectivity index (χ4v) is 11.0. The molecule has 63 heavy (non-hydrogen) atoms. The van der Waals surface area contributed by atoms with E-state index in [2.05, 4.69) is 255 Å². The molecular formula is C62H45N. The number of fused-ring (bicyclic) bond motifs is 7. The zero-order chi connectivity index (χ0) is 42.1. The maximum Gasteiger partial charge on any atom is 0.0714 e. The molecule has 12 rings (SSSR count). The van der Waals surface area contributed by atoms with E-state index in [0.29, 0.717) is 0 Å². The molecule has 10 aromatic carbocycles. The van der Waals surface area contributed by atoms with Crippen LogP contribution in [0.5, 0.6) is 0 Å². The van der Waals surface area contributed by atoms with Crippen molar-refractivity contribution in [3.8, 4) is 44.5 Å². The van der Waals surface area contributed by atoms with Gasteiger partial charge in [-0.05, 0) is 119 Å². The second-order valence-corrected chi connectivity index (χ2v) is 17.6. The van der Waals surface area contributed by atoms with Gasteiger partial charge in [-0.1, -0.05) is 214 Å². The molecule has 298 valence electrons. The van der Waals surface area contributed by atoms with Crippen molar-refractivity contribution in [1.82, 2.24) is 0 Å². The maximum absolute atomic E-state index is 2.51. The minimum absolute atomic E-state index is 0.235. The number of hydrogen-bond acceptors (Lipinski definition) is 1.